The van der Waals surface area contributed by atoms with Gasteiger partial charge in [-0.2, -0.15) is 13.2 Å². The molecule has 0 spiro atoms. The minimum absolute atomic E-state index is 0.0225. The Morgan fingerprint density at radius 2 is 1.84 bits per heavy atom. The zero-order valence-electron chi connectivity index (χ0n) is 18.4. The first-order valence-electron chi connectivity index (χ1n) is 10.0. The Morgan fingerprint density at radius 3 is 2.44 bits per heavy atom. The van der Waals surface area contributed by atoms with E-state index in [-0.39, 0.29) is 24.2 Å². The van der Waals surface area contributed by atoms with Gasteiger partial charge in [-0.15, -0.1) is 0 Å². The van der Waals surface area contributed by atoms with Crippen LogP contribution in [0.2, 0.25) is 0 Å². The number of ether oxygens (including phenoxy) is 3. The Labute approximate surface area is 183 Å². The van der Waals surface area contributed by atoms with Gasteiger partial charge in [0.25, 0.3) is 0 Å². The second-order valence-corrected chi connectivity index (χ2v) is 8.67. The average molecular weight is 454 g/mol. The van der Waals surface area contributed by atoms with Crippen molar-refractivity contribution in [3.05, 3.63) is 35.5 Å². The topological polar surface area (TPSA) is 78.0 Å². The van der Waals surface area contributed by atoms with E-state index in [0.717, 1.165) is 11.6 Å². The van der Waals surface area contributed by atoms with E-state index in [1.165, 1.54) is 18.1 Å². The summed E-state index contributed by atoms with van der Waals surface area (Å²) in [5.41, 5.74) is -0.933. The van der Waals surface area contributed by atoms with Gasteiger partial charge >= 0.3 is 18.2 Å². The Bertz CT molecular complexity index is 1030. The lowest BCUT2D eigenvalue weighted by Crippen LogP contribution is -2.44. The van der Waals surface area contributed by atoms with Crippen molar-refractivity contribution in [2.45, 2.75) is 58.0 Å². The van der Waals surface area contributed by atoms with Gasteiger partial charge in [0.2, 0.25) is 0 Å². The summed E-state index contributed by atoms with van der Waals surface area (Å²) in [4.78, 5) is 29.7. The molecule has 2 unspecified atom stereocenters. The standard InChI is InChI=1S/C22H25F3N2O5/c1-12-6-7-15-14(8-12)17(10-18(26-15)22(23,24)25)31-13-9-16(19(28)30-5)27(11-13)20(29)32-21(2,3)4/h6-8,10,13,16H,9,11H2,1-5H3. The van der Waals surface area contributed by atoms with E-state index in [1.54, 1.807) is 39.8 Å². The molecule has 2 aromatic rings. The summed E-state index contributed by atoms with van der Waals surface area (Å²) in [5.74, 6) is -0.681. The number of fused-ring (bicyclic) bond motifs is 1. The highest BCUT2D eigenvalue weighted by Crippen LogP contribution is 2.36. The summed E-state index contributed by atoms with van der Waals surface area (Å²) in [7, 11) is 1.19. The number of carbonyl (C=O) groups excluding carboxylic acids is 2. The summed E-state index contributed by atoms with van der Waals surface area (Å²) in [5, 5.41) is 0.406. The van der Waals surface area contributed by atoms with Crippen molar-refractivity contribution in [2.24, 2.45) is 0 Å². The van der Waals surface area contributed by atoms with Gasteiger partial charge in [-0.1, -0.05) is 11.6 Å². The predicted molar refractivity (Wildman–Crippen MR) is 109 cm³/mol. The van der Waals surface area contributed by atoms with Crippen LogP contribution in [0.1, 0.15) is 38.4 Å². The number of rotatable bonds is 3. The van der Waals surface area contributed by atoms with Gasteiger partial charge in [-0.3, -0.25) is 4.90 Å². The predicted octanol–water partition coefficient (Wildman–Crippen LogP) is 4.49. The molecular weight excluding hydrogens is 429 g/mol. The van der Waals surface area contributed by atoms with Crippen molar-refractivity contribution in [1.29, 1.82) is 0 Å². The van der Waals surface area contributed by atoms with Crippen LogP contribution in [0.5, 0.6) is 5.75 Å². The number of halogens is 3. The van der Waals surface area contributed by atoms with Crippen molar-refractivity contribution >= 4 is 23.0 Å². The number of hydrogen-bond acceptors (Lipinski definition) is 6. The molecule has 1 aliphatic heterocycles. The van der Waals surface area contributed by atoms with Crippen LogP contribution in [0.4, 0.5) is 18.0 Å². The molecule has 1 amide bonds. The minimum atomic E-state index is -4.66. The van der Waals surface area contributed by atoms with Crippen LogP contribution in [-0.2, 0) is 20.4 Å². The van der Waals surface area contributed by atoms with Crippen LogP contribution in [0.25, 0.3) is 10.9 Å². The molecule has 0 radical (unpaired) electrons. The van der Waals surface area contributed by atoms with Crippen molar-refractivity contribution in [3.8, 4) is 5.75 Å². The van der Waals surface area contributed by atoms with Gasteiger partial charge in [-0.05, 0) is 39.8 Å². The molecule has 1 aromatic carbocycles. The number of carbonyl (C=O) groups is 2. The fourth-order valence-corrected chi connectivity index (χ4v) is 3.50. The van der Waals surface area contributed by atoms with Gasteiger partial charge in [0, 0.05) is 17.9 Å². The molecule has 32 heavy (non-hydrogen) atoms. The van der Waals surface area contributed by atoms with E-state index in [0.29, 0.717) is 5.39 Å². The van der Waals surface area contributed by atoms with Gasteiger partial charge in [0.15, 0.2) is 0 Å². The maximum absolute atomic E-state index is 13.4. The highest BCUT2D eigenvalue weighted by molar-refractivity contribution is 5.86. The quantitative estimate of drug-likeness (QED) is 0.636. The molecule has 0 N–H and O–H groups in total. The molecule has 2 heterocycles. The van der Waals surface area contributed by atoms with Crippen LogP contribution in [-0.4, -0.2) is 53.3 Å². The Balaban J connectivity index is 1.94. The molecule has 2 atom stereocenters. The maximum atomic E-state index is 13.4. The van der Waals surface area contributed by atoms with E-state index < -0.39 is 41.7 Å². The van der Waals surface area contributed by atoms with E-state index in [2.05, 4.69) is 4.98 Å². The number of aryl methyl sites for hydroxylation is 1. The first-order chi connectivity index (χ1) is 14.8. The van der Waals surface area contributed by atoms with Crippen molar-refractivity contribution in [3.63, 3.8) is 0 Å². The smallest absolute Gasteiger partial charge is 0.433 e. The highest BCUT2D eigenvalue weighted by Gasteiger charge is 2.43. The number of alkyl halides is 3. The first-order valence-corrected chi connectivity index (χ1v) is 10.0. The molecule has 1 saturated heterocycles. The zero-order chi connectivity index (χ0) is 23.8. The number of methoxy groups -OCH3 is 1. The summed E-state index contributed by atoms with van der Waals surface area (Å²) < 4.78 is 56.2. The molecule has 174 valence electrons. The molecule has 10 heteroatoms. The van der Waals surface area contributed by atoms with Crippen molar-refractivity contribution in [2.75, 3.05) is 13.7 Å². The average Bonchev–Trinajstić information content (AvgIpc) is 3.09. The summed E-state index contributed by atoms with van der Waals surface area (Å²) in [6.07, 6.45) is -6.10. The number of pyridine rings is 1. The number of nitrogens with zero attached hydrogens (tertiary/aromatic N) is 2. The summed E-state index contributed by atoms with van der Waals surface area (Å²) in [6.45, 7) is 6.81. The maximum Gasteiger partial charge on any atom is 0.433 e. The number of likely N-dealkylation sites (tertiary alicyclic amines) is 1. The van der Waals surface area contributed by atoms with Crippen LogP contribution in [0.3, 0.4) is 0 Å². The summed E-state index contributed by atoms with van der Waals surface area (Å²) in [6, 6.07) is 4.69. The van der Waals surface area contributed by atoms with E-state index in [4.69, 9.17) is 14.2 Å². The molecule has 1 aromatic heterocycles. The van der Waals surface area contributed by atoms with Crippen LogP contribution in [0.15, 0.2) is 24.3 Å². The molecule has 1 fully saturated rings. The third kappa shape index (κ3) is 5.23. The lowest BCUT2D eigenvalue weighted by atomic mass is 10.1. The minimum Gasteiger partial charge on any atom is -0.488 e. The van der Waals surface area contributed by atoms with Gasteiger partial charge in [0.1, 0.15) is 29.2 Å². The third-order valence-electron chi connectivity index (χ3n) is 4.87. The number of amides is 1. The van der Waals surface area contributed by atoms with Gasteiger partial charge in [-0.25, -0.2) is 14.6 Å². The number of esters is 1. The normalized spacial score (nSPS) is 19.2. The first kappa shape index (κ1) is 23.6. The van der Waals surface area contributed by atoms with Crippen LogP contribution >= 0.6 is 0 Å². The van der Waals surface area contributed by atoms with Crippen LogP contribution < -0.4 is 4.74 Å². The Kier molecular flexibility index (Phi) is 6.26. The molecule has 0 bridgehead atoms. The lowest BCUT2D eigenvalue weighted by molar-refractivity contribution is -0.145. The fraction of sp³-hybridized carbons (Fsp3) is 0.500. The van der Waals surface area contributed by atoms with Gasteiger partial charge < -0.3 is 14.2 Å². The van der Waals surface area contributed by atoms with E-state index in [1.807, 2.05) is 0 Å². The lowest BCUT2D eigenvalue weighted by Gasteiger charge is -2.27. The molecule has 7 nitrogen and oxygen atoms in total. The van der Waals surface area contributed by atoms with E-state index >= 15 is 0 Å². The number of hydrogen-bond donors (Lipinski definition) is 0. The number of benzene rings is 1. The van der Waals surface area contributed by atoms with Gasteiger partial charge in [0.05, 0.1) is 19.2 Å². The SMILES string of the molecule is COC(=O)C1CC(Oc2cc(C(F)(F)F)nc3ccc(C)cc23)CN1C(=O)OC(C)(C)C. The zero-order valence-corrected chi connectivity index (χ0v) is 18.4. The Morgan fingerprint density at radius 1 is 1.16 bits per heavy atom. The fourth-order valence-electron chi connectivity index (χ4n) is 3.50. The second kappa shape index (κ2) is 8.48. The van der Waals surface area contributed by atoms with Crippen molar-refractivity contribution < 1.29 is 37.0 Å². The summed E-state index contributed by atoms with van der Waals surface area (Å²) >= 11 is 0. The molecule has 0 aliphatic carbocycles. The molecule has 0 saturated carbocycles. The highest BCUT2D eigenvalue weighted by atomic mass is 19.4. The third-order valence-corrected chi connectivity index (χ3v) is 4.87. The molecular formula is C22H25F3N2O5. The Hall–Kier alpha value is -3.04. The van der Waals surface area contributed by atoms with Crippen molar-refractivity contribution in [1.82, 2.24) is 9.88 Å². The largest absolute Gasteiger partial charge is 0.488 e. The van der Waals surface area contributed by atoms with Crippen LogP contribution in [0, 0.1) is 6.92 Å². The van der Waals surface area contributed by atoms with E-state index in [9.17, 15) is 22.8 Å². The second-order valence-electron chi connectivity index (χ2n) is 8.67. The molecule has 3 rings (SSSR count). The molecule has 1 aliphatic rings. The monoisotopic (exact) mass is 454 g/mol. The number of aromatic nitrogens is 1.